The molecule has 0 aliphatic heterocycles. The molecule has 1 N–H and O–H groups in total. The molecule has 7 nitrogen and oxygen atoms in total. The van der Waals surface area contributed by atoms with E-state index in [1.54, 1.807) is 36.4 Å². The van der Waals surface area contributed by atoms with Crippen molar-refractivity contribution in [2.24, 2.45) is 7.05 Å². The molecule has 138 valence electrons. The zero-order chi connectivity index (χ0) is 19.7. The lowest BCUT2D eigenvalue weighted by Gasteiger charge is -2.10. The molecule has 1 aromatic heterocycles. The van der Waals surface area contributed by atoms with Gasteiger partial charge in [-0.15, -0.1) is 0 Å². The summed E-state index contributed by atoms with van der Waals surface area (Å²) in [5.41, 5.74) is 1.06. The second-order valence-electron chi connectivity index (χ2n) is 6.21. The number of carbonyl (C=O) groups excluding carboxylic acids is 1. The van der Waals surface area contributed by atoms with E-state index in [-0.39, 0.29) is 5.69 Å². The van der Waals surface area contributed by atoms with Gasteiger partial charge in [0.1, 0.15) is 0 Å². The summed E-state index contributed by atoms with van der Waals surface area (Å²) >= 11 is 5.87. The number of aryl methyl sites for hydroxylation is 2. The van der Waals surface area contributed by atoms with Gasteiger partial charge < -0.3 is 5.32 Å². The molecule has 0 unspecified atom stereocenters. The van der Waals surface area contributed by atoms with Gasteiger partial charge in [-0.1, -0.05) is 17.7 Å². The van der Waals surface area contributed by atoms with Gasteiger partial charge in [0, 0.05) is 17.8 Å². The zero-order valence-corrected chi connectivity index (χ0v) is 15.7. The van der Waals surface area contributed by atoms with Crippen molar-refractivity contribution in [1.29, 1.82) is 0 Å². The maximum Gasteiger partial charge on any atom is 0.351 e. The predicted molar refractivity (Wildman–Crippen MR) is 104 cm³/mol. The molecule has 1 heterocycles. The van der Waals surface area contributed by atoms with Crippen molar-refractivity contribution in [1.82, 2.24) is 14.3 Å². The Bertz CT molecular complexity index is 1130. The SMILES string of the molecule is Cc1cc(C)cc(NC(=O)c2nn(-c3ccc(Cl)cc3)c(=O)n(C)c2=O)c1. The number of aromatic nitrogens is 3. The fourth-order valence-electron chi connectivity index (χ4n) is 2.70. The lowest BCUT2D eigenvalue weighted by atomic mass is 10.1. The molecular formula is C19H17ClN4O3. The van der Waals surface area contributed by atoms with E-state index in [2.05, 4.69) is 10.4 Å². The van der Waals surface area contributed by atoms with Crippen LogP contribution in [0.1, 0.15) is 21.6 Å². The minimum Gasteiger partial charge on any atom is -0.320 e. The summed E-state index contributed by atoms with van der Waals surface area (Å²) in [7, 11) is 1.30. The van der Waals surface area contributed by atoms with Crippen LogP contribution in [0.2, 0.25) is 5.02 Å². The number of halogens is 1. The molecule has 0 saturated heterocycles. The molecule has 0 aliphatic rings. The second-order valence-corrected chi connectivity index (χ2v) is 6.65. The van der Waals surface area contributed by atoms with Crippen molar-refractivity contribution in [3.8, 4) is 5.69 Å². The number of nitrogens with one attached hydrogen (secondary N) is 1. The molecule has 8 heteroatoms. The number of carbonyl (C=O) groups is 1. The smallest absolute Gasteiger partial charge is 0.320 e. The summed E-state index contributed by atoms with van der Waals surface area (Å²) in [6, 6.07) is 11.9. The van der Waals surface area contributed by atoms with Gasteiger partial charge in [-0.3, -0.25) is 14.2 Å². The Hall–Kier alpha value is -3.19. The van der Waals surface area contributed by atoms with E-state index in [9.17, 15) is 14.4 Å². The van der Waals surface area contributed by atoms with Gasteiger partial charge in [-0.25, -0.2) is 4.79 Å². The van der Waals surface area contributed by atoms with E-state index in [0.717, 1.165) is 20.4 Å². The van der Waals surface area contributed by atoms with Crippen LogP contribution >= 0.6 is 11.6 Å². The standard InChI is InChI=1S/C19H17ClN4O3/c1-11-8-12(2)10-14(9-11)21-17(25)16-18(26)23(3)19(27)24(22-16)15-6-4-13(20)5-7-15/h4-10H,1-3H3,(H,21,25). The minimum absolute atomic E-state index is 0.383. The Labute approximate surface area is 159 Å². The largest absolute Gasteiger partial charge is 0.351 e. The fraction of sp³-hybridized carbons (Fsp3) is 0.158. The van der Waals surface area contributed by atoms with Crippen molar-refractivity contribution < 1.29 is 4.79 Å². The zero-order valence-electron chi connectivity index (χ0n) is 15.0. The number of amides is 1. The molecule has 0 bridgehead atoms. The quantitative estimate of drug-likeness (QED) is 0.751. The van der Waals surface area contributed by atoms with Gasteiger partial charge in [0.15, 0.2) is 0 Å². The lowest BCUT2D eigenvalue weighted by molar-refractivity contribution is 0.101. The Kier molecular flexibility index (Phi) is 4.96. The van der Waals surface area contributed by atoms with Crippen LogP contribution in [0.5, 0.6) is 0 Å². The molecule has 0 aliphatic carbocycles. The average Bonchev–Trinajstić information content (AvgIpc) is 2.60. The van der Waals surface area contributed by atoms with Crippen LogP contribution < -0.4 is 16.6 Å². The first-order valence-corrected chi connectivity index (χ1v) is 8.50. The first kappa shape index (κ1) is 18.6. The van der Waals surface area contributed by atoms with Crippen molar-refractivity contribution in [3.63, 3.8) is 0 Å². The van der Waals surface area contributed by atoms with Gasteiger partial charge in [-0.05, 0) is 61.4 Å². The summed E-state index contributed by atoms with van der Waals surface area (Å²) in [5.74, 6) is -0.691. The molecule has 0 atom stereocenters. The van der Waals surface area contributed by atoms with E-state index in [1.807, 2.05) is 19.9 Å². The number of anilines is 1. The van der Waals surface area contributed by atoms with Crippen LogP contribution in [0, 0.1) is 13.8 Å². The third-order valence-corrected chi connectivity index (χ3v) is 4.19. The van der Waals surface area contributed by atoms with Crippen LogP contribution in [-0.2, 0) is 7.05 Å². The van der Waals surface area contributed by atoms with Gasteiger partial charge in [0.05, 0.1) is 5.69 Å². The summed E-state index contributed by atoms with van der Waals surface area (Å²) in [6.07, 6.45) is 0. The highest BCUT2D eigenvalue weighted by Gasteiger charge is 2.19. The van der Waals surface area contributed by atoms with E-state index < -0.39 is 17.2 Å². The lowest BCUT2D eigenvalue weighted by Crippen LogP contribution is -2.43. The highest BCUT2D eigenvalue weighted by Crippen LogP contribution is 2.14. The van der Waals surface area contributed by atoms with Gasteiger partial charge in [0.25, 0.3) is 11.5 Å². The molecule has 3 rings (SSSR count). The summed E-state index contributed by atoms with van der Waals surface area (Å²) < 4.78 is 1.84. The Morgan fingerprint density at radius 2 is 1.63 bits per heavy atom. The van der Waals surface area contributed by atoms with Crippen LogP contribution in [0.25, 0.3) is 5.69 Å². The molecular weight excluding hydrogens is 368 g/mol. The van der Waals surface area contributed by atoms with E-state index in [4.69, 9.17) is 11.6 Å². The highest BCUT2D eigenvalue weighted by atomic mass is 35.5. The molecule has 3 aromatic rings. The predicted octanol–water partition coefficient (Wildman–Crippen LogP) is 2.45. The third-order valence-electron chi connectivity index (χ3n) is 3.94. The van der Waals surface area contributed by atoms with Gasteiger partial charge in [-0.2, -0.15) is 9.78 Å². The summed E-state index contributed by atoms with van der Waals surface area (Å²) in [5, 5.41) is 7.14. The third kappa shape index (κ3) is 3.83. The second kappa shape index (κ2) is 7.20. The number of rotatable bonds is 3. The molecule has 1 amide bonds. The number of benzene rings is 2. The van der Waals surface area contributed by atoms with Crippen molar-refractivity contribution in [2.45, 2.75) is 13.8 Å². The normalized spacial score (nSPS) is 10.7. The van der Waals surface area contributed by atoms with E-state index >= 15 is 0 Å². The van der Waals surface area contributed by atoms with E-state index in [0.29, 0.717) is 16.4 Å². The first-order chi connectivity index (χ1) is 12.8. The molecule has 0 radical (unpaired) electrons. The highest BCUT2D eigenvalue weighted by molar-refractivity contribution is 6.30. The first-order valence-electron chi connectivity index (χ1n) is 8.12. The van der Waals surface area contributed by atoms with E-state index in [1.165, 1.54) is 7.05 Å². The van der Waals surface area contributed by atoms with Crippen LogP contribution in [0.3, 0.4) is 0 Å². The average molecular weight is 385 g/mol. The minimum atomic E-state index is -0.771. The van der Waals surface area contributed by atoms with Crippen molar-refractivity contribution >= 4 is 23.2 Å². The van der Waals surface area contributed by atoms with Crippen LogP contribution in [0.15, 0.2) is 52.1 Å². The van der Waals surface area contributed by atoms with Gasteiger partial charge in [0.2, 0.25) is 5.69 Å². The number of nitrogens with zero attached hydrogens (tertiary/aromatic N) is 3. The number of hydrogen-bond acceptors (Lipinski definition) is 4. The maximum absolute atomic E-state index is 12.6. The Morgan fingerprint density at radius 1 is 1.04 bits per heavy atom. The molecule has 0 fully saturated rings. The Morgan fingerprint density at radius 3 is 2.22 bits per heavy atom. The molecule has 0 saturated carbocycles. The fourth-order valence-corrected chi connectivity index (χ4v) is 2.83. The monoisotopic (exact) mass is 384 g/mol. The van der Waals surface area contributed by atoms with Crippen molar-refractivity contribution in [2.75, 3.05) is 5.32 Å². The summed E-state index contributed by atoms with van der Waals surface area (Å²) in [6.45, 7) is 3.81. The summed E-state index contributed by atoms with van der Waals surface area (Å²) in [4.78, 5) is 37.4. The van der Waals surface area contributed by atoms with Crippen LogP contribution in [-0.4, -0.2) is 20.3 Å². The number of hydrogen-bond donors (Lipinski definition) is 1. The molecule has 27 heavy (non-hydrogen) atoms. The Balaban J connectivity index is 2.07. The topological polar surface area (TPSA) is 86.0 Å². The molecule has 0 spiro atoms. The maximum atomic E-state index is 12.6. The van der Waals surface area contributed by atoms with Crippen molar-refractivity contribution in [3.05, 3.63) is 85.1 Å². The molecule has 2 aromatic carbocycles. The van der Waals surface area contributed by atoms with Gasteiger partial charge >= 0.3 is 5.69 Å². The van der Waals surface area contributed by atoms with Crippen LogP contribution in [0.4, 0.5) is 5.69 Å².